The van der Waals surface area contributed by atoms with E-state index in [2.05, 4.69) is 25.7 Å². The molecular formula is C9H18OSi. The van der Waals surface area contributed by atoms with E-state index < -0.39 is 8.07 Å². The molecule has 0 saturated carbocycles. The van der Waals surface area contributed by atoms with Crippen LogP contribution in [0.2, 0.25) is 25.2 Å². The maximum Gasteiger partial charge on any atom is 0.120 e. The predicted molar refractivity (Wildman–Crippen MR) is 52.6 cm³/mol. The summed E-state index contributed by atoms with van der Waals surface area (Å²) in [5.41, 5.74) is 0.519. The summed E-state index contributed by atoms with van der Waals surface area (Å²) in [5.74, 6) is 0. The van der Waals surface area contributed by atoms with E-state index >= 15 is 0 Å². The first-order chi connectivity index (χ1) is 5.02. The number of hydrogen-bond acceptors (Lipinski definition) is 1. The van der Waals surface area contributed by atoms with Crippen LogP contribution < -0.4 is 0 Å². The Morgan fingerprint density at radius 2 is 1.91 bits per heavy atom. The highest BCUT2D eigenvalue weighted by Gasteiger charge is 2.23. The normalized spacial score (nSPS) is 15.3. The lowest BCUT2D eigenvalue weighted by Gasteiger charge is -2.23. The number of allylic oxidation sites excluding steroid dienone is 2. The van der Waals surface area contributed by atoms with Gasteiger partial charge in [-0.3, -0.25) is 0 Å². The highest BCUT2D eigenvalue weighted by Crippen LogP contribution is 2.25. The third-order valence-corrected chi connectivity index (χ3v) is 4.54. The summed E-state index contributed by atoms with van der Waals surface area (Å²) in [6, 6.07) is 0. The van der Waals surface area contributed by atoms with Crippen LogP contribution in [0.15, 0.2) is 12.2 Å². The molecule has 11 heavy (non-hydrogen) atoms. The molecule has 0 bridgehead atoms. The van der Waals surface area contributed by atoms with Crippen molar-refractivity contribution in [2.75, 3.05) is 0 Å². The molecule has 0 aromatic rings. The van der Waals surface area contributed by atoms with E-state index in [4.69, 9.17) is 0 Å². The van der Waals surface area contributed by atoms with Gasteiger partial charge in [0.15, 0.2) is 0 Å². The van der Waals surface area contributed by atoms with Crippen molar-refractivity contribution in [3.05, 3.63) is 12.2 Å². The molecule has 1 atom stereocenters. The van der Waals surface area contributed by atoms with Crippen LogP contribution >= 0.6 is 0 Å². The zero-order valence-electron chi connectivity index (χ0n) is 7.92. The average molecular weight is 170 g/mol. The molecule has 0 rings (SSSR count). The van der Waals surface area contributed by atoms with Gasteiger partial charge in [-0.25, -0.2) is 0 Å². The van der Waals surface area contributed by atoms with Gasteiger partial charge in [-0.1, -0.05) is 31.8 Å². The molecule has 0 saturated heterocycles. The minimum atomic E-state index is -1.15. The van der Waals surface area contributed by atoms with Crippen molar-refractivity contribution in [2.24, 2.45) is 0 Å². The van der Waals surface area contributed by atoms with Gasteiger partial charge in [-0.15, -0.1) is 0 Å². The summed E-state index contributed by atoms with van der Waals surface area (Å²) in [7, 11) is -1.15. The topological polar surface area (TPSA) is 17.1 Å². The Hall–Kier alpha value is -0.373. The van der Waals surface area contributed by atoms with E-state index in [0.29, 0.717) is 12.0 Å². The maximum absolute atomic E-state index is 10.3. The number of aldehydes is 1. The molecule has 0 aromatic heterocycles. The standard InChI is InChI=1S/C9H18OSi/c1-5-6-9(7-8-10)11(2,3)4/h5-6,8-9H,7H2,1-4H3. The second-order valence-corrected chi connectivity index (χ2v) is 9.37. The molecule has 0 N–H and O–H groups in total. The van der Waals surface area contributed by atoms with Crippen molar-refractivity contribution in [1.29, 1.82) is 0 Å². The van der Waals surface area contributed by atoms with Gasteiger partial charge in [0.1, 0.15) is 6.29 Å². The van der Waals surface area contributed by atoms with Crippen LogP contribution in [0, 0.1) is 0 Å². The first-order valence-corrected chi connectivity index (χ1v) is 7.66. The van der Waals surface area contributed by atoms with Crippen LogP contribution in [0.3, 0.4) is 0 Å². The van der Waals surface area contributed by atoms with E-state index in [-0.39, 0.29) is 0 Å². The van der Waals surface area contributed by atoms with E-state index in [0.717, 1.165) is 6.29 Å². The summed E-state index contributed by atoms with van der Waals surface area (Å²) in [6.45, 7) is 8.89. The summed E-state index contributed by atoms with van der Waals surface area (Å²) in [5, 5.41) is 0. The second-order valence-electron chi connectivity index (χ2n) is 3.90. The fourth-order valence-electron chi connectivity index (χ4n) is 1.06. The van der Waals surface area contributed by atoms with Crippen molar-refractivity contribution in [1.82, 2.24) is 0 Å². The number of carbonyl (C=O) groups is 1. The summed E-state index contributed by atoms with van der Waals surface area (Å²) < 4.78 is 0. The molecule has 0 fully saturated rings. The van der Waals surface area contributed by atoms with Crippen molar-refractivity contribution < 1.29 is 4.79 Å². The van der Waals surface area contributed by atoms with Gasteiger partial charge in [-0.2, -0.15) is 0 Å². The smallest absolute Gasteiger partial charge is 0.120 e. The van der Waals surface area contributed by atoms with Crippen molar-refractivity contribution >= 4 is 14.4 Å². The predicted octanol–water partition coefficient (Wildman–Crippen LogP) is 2.86. The highest BCUT2D eigenvalue weighted by molar-refractivity contribution is 6.78. The first-order valence-electron chi connectivity index (χ1n) is 4.08. The van der Waals surface area contributed by atoms with E-state index in [1.807, 2.05) is 13.0 Å². The minimum Gasteiger partial charge on any atom is -0.303 e. The van der Waals surface area contributed by atoms with Crippen LogP contribution in [0.25, 0.3) is 0 Å². The molecule has 2 heteroatoms. The van der Waals surface area contributed by atoms with Gasteiger partial charge in [-0.05, 0) is 12.5 Å². The van der Waals surface area contributed by atoms with Crippen LogP contribution in [-0.4, -0.2) is 14.4 Å². The Kier molecular flexibility index (Phi) is 4.34. The van der Waals surface area contributed by atoms with Crippen molar-refractivity contribution in [3.8, 4) is 0 Å². The molecule has 0 aromatic carbocycles. The molecular weight excluding hydrogens is 152 g/mol. The second kappa shape index (κ2) is 4.49. The Morgan fingerprint density at radius 3 is 2.18 bits per heavy atom. The molecule has 0 spiro atoms. The summed E-state index contributed by atoms with van der Waals surface area (Å²) in [4.78, 5) is 10.3. The quantitative estimate of drug-likeness (QED) is 0.360. The van der Waals surface area contributed by atoms with Gasteiger partial charge in [0, 0.05) is 6.42 Å². The fraction of sp³-hybridized carbons (Fsp3) is 0.667. The molecule has 0 amide bonds. The molecule has 0 aliphatic carbocycles. The Bertz CT molecular complexity index is 144. The highest BCUT2D eigenvalue weighted by atomic mass is 28.3. The zero-order chi connectivity index (χ0) is 8.91. The van der Waals surface area contributed by atoms with Crippen LogP contribution in [0.4, 0.5) is 0 Å². The SMILES string of the molecule is CC=CC(CC=O)[Si](C)(C)C. The summed E-state index contributed by atoms with van der Waals surface area (Å²) in [6.07, 6.45) is 5.94. The molecule has 0 heterocycles. The molecule has 64 valence electrons. The fourth-order valence-corrected chi connectivity index (χ4v) is 2.63. The van der Waals surface area contributed by atoms with Crippen molar-refractivity contribution in [2.45, 2.75) is 38.5 Å². The third-order valence-electron chi connectivity index (χ3n) is 1.89. The molecule has 1 nitrogen and oxygen atoms in total. The number of carbonyl (C=O) groups excluding carboxylic acids is 1. The Balaban J connectivity index is 4.20. The van der Waals surface area contributed by atoms with E-state index in [9.17, 15) is 4.79 Å². The Labute approximate surface area is 70.5 Å². The average Bonchev–Trinajstić information content (AvgIpc) is 1.85. The van der Waals surface area contributed by atoms with Crippen LogP contribution in [0.1, 0.15) is 13.3 Å². The van der Waals surface area contributed by atoms with E-state index in [1.165, 1.54) is 0 Å². The number of rotatable bonds is 4. The third kappa shape index (κ3) is 4.14. The monoisotopic (exact) mass is 170 g/mol. The molecule has 0 aliphatic rings. The molecule has 0 aliphatic heterocycles. The lowest BCUT2D eigenvalue weighted by molar-refractivity contribution is -0.107. The van der Waals surface area contributed by atoms with Gasteiger partial charge in [0.05, 0.1) is 8.07 Å². The lowest BCUT2D eigenvalue weighted by Crippen LogP contribution is -2.27. The largest absolute Gasteiger partial charge is 0.303 e. The van der Waals surface area contributed by atoms with Gasteiger partial charge in [0.2, 0.25) is 0 Å². The molecule has 1 unspecified atom stereocenters. The zero-order valence-corrected chi connectivity index (χ0v) is 8.92. The van der Waals surface area contributed by atoms with Gasteiger partial charge < -0.3 is 4.79 Å². The van der Waals surface area contributed by atoms with Crippen LogP contribution in [0.5, 0.6) is 0 Å². The van der Waals surface area contributed by atoms with Gasteiger partial charge in [0.25, 0.3) is 0 Å². The Morgan fingerprint density at radius 1 is 1.36 bits per heavy atom. The summed E-state index contributed by atoms with van der Waals surface area (Å²) >= 11 is 0. The van der Waals surface area contributed by atoms with Gasteiger partial charge >= 0.3 is 0 Å². The minimum absolute atomic E-state index is 0.519. The first kappa shape index (κ1) is 10.6. The van der Waals surface area contributed by atoms with Crippen molar-refractivity contribution in [3.63, 3.8) is 0 Å². The maximum atomic E-state index is 10.3. The lowest BCUT2D eigenvalue weighted by atomic mass is 10.3. The van der Waals surface area contributed by atoms with E-state index in [1.54, 1.807) is 0 Å². The molecule has 0 radical (unpaired) electrons. The van der Waals surface area contributed by atoms with Crippen LogP contribution in [-0.2, 0) is 4.79 Å². The number of hydrogen-bond donors (Lipinski definition) is 0.